The van der Waals surface area contributed by atoms with Gasteiger partial charge in [-0.25, -0.2) is 9.18 Å². The first kappa shape index (κ1) is 15.7. The number of hydrogen-bond donors (Lipinski definition) is 0. The summed E-state index contributed by atoms with van der Waals surface area (Å²) in [6.07, 6.45) is 0. The zero-order valence-corrected chi connectivity index (χ0v) is 12.1. The minimum Gasteiger partial charge on any atom is -0.460 e. The van der Waals surface area contributed by atoms with Gasteiger partial charge in [-0.3, -0.25) is 0 Å². The first-order valence-electron chi connectivity index (χ1n) is 6.73. The predicted octanol–water partition coefficient (Wildman–Crippen LogP) is 3.03. The Labute approximate surface area is 128 Å². The van der Waals surface area contributed by atoms with Crippen molar-refractivity contribution in [3.63, 3.8) is 0 Å². The Morgan fingerprint density at radius 2 is 1.50 bits per heavy atom. The number of hydrogen-bond acceptors (Lipinski definition) is 3. The van der Waals surface area contributed by atoms with Gasteiger partial charge in [0.15, 0.2) is 0 Å². The highest BCUT2D eigenvalue weighted by atomic mass is 19.1. The number of rotatable bonds is 4. The molecule has 112 valence electrons. The van der Waals surface area contributed by atoms with E-state index in [2.05, 4.69) is 11.8 Å². The van der Waals surface area contributed by atoms with E-state index < -0.39 is 5.97 Å². The van der Waals surface area contributed by atoms with Crippen molar-refractivity contribution in [2.45, 2.75) is 0 Å². The van der Waals surface area contributed by atoms with Gasteiger partial charge >= 0.3 is 5.97 Å². The van der Waals surface area contributed by atoms with Crippen LogP contribution in [0.3, 0.4) is 0 Å². The maximum absolute atomic E-state index is 12.8. The lowest BCUT2D eigenvalue weighted by atomic mass is 10.1. The molecule has 2 aromatic carbocycles. The van der Waals surface area contributed by atoms with E-state index in [4.69, 9.17) is 9.47 Å². The minimum atomic E-state index is -0.393. The summed E-state index contributed by atoms with van der Waals surface area (Å²) in [4.78, 5) is 11.7. The molecule has 0 spiro atoms. The van der Waals surface area contributed by atoms with Crippen molar-refractivity contribution in [3.05, 3.63) is 71.0 Å². The van der Waals surface area contributed by atoms with Crippen molar-refractivity contribution in [2.24, 2.45) is 0 Å². The predicted molar refractivity (Wildman–Crippen MR) is 81.0 cm³/mol. The Morgan fingerprint density at radius 1 is 0.955 bits per heavy atom. The van der Waals surface area contributed by atoms with Crippen LogP contribution in [0.4, 0.5) is 4.39 Å². The molecule has 0 N–H and O–H groups in total. The highest BCUT2D eigenvalue weighted by Gasteiger charge is 2.05. The van der Waals surface area contributed by atoms with Gasteiger partial charge in [-0.15, -0.1) is 0 Å². The van der Waals surface area contributed by atoms with Crippen molar-refractivity contribution in [1.82, 2.24) is 0 Å². The molecule has 0 saturated heterocycles. The van der Waals surface area contributed by atoms with Gasteiger partial charge in [0.1, 0.15) is 12.4 Å². The van der Waals surface area contributed by atoms with Crippen LogP contribution in [0.1, 0.15) is 21.5 Å². The van der Waals surface area contributed by atoms with Crippen molar-refractivity contribution in [2.75, 3.05) is 20.3 Å². The van der Waals surface area contributed by atoms with Gasteiger partial charge in [0, 0.05) is 18.2 Å². The summed E-state index contributed by atoms with van der Waals surface area (Å²) in [6, 6.07) is 12.8. The van der Waals surface area contributed by atoms with Gasteiger partial charge in [-0.2, -0.15) is 0 Å². The lowest BCUT2D eigenvalue weighted by Crippen LogP contribution is -2.09. The Morgan fingerprint density at radius 3 is 2.05 bits per heavy atom. The maximum Gasteiger partial charge on any atom is 0.338 e. The summed E-state index contributed by atoms with van der Waals surface area (Å²) in [6.45, 7) is 0.592. The van der Waals surface area contributed by atoms with E-state index in [-0.39, 0.29) is 12.4 Å². The average Bonchev–Trinajstić information content (AvgIpc) is 2.55. The highest BCUT2D eigenvalue weighted by molar-refractivity contribution is 5.89. The smallest absolute Gasteiger partial charge is 0.338 e. The monoisotopic (exact) mass is 298 g/mol. The third kappa shape index (κ3) is 4.72. The van der Waals surface area contributed by atoms with Gasteiger partial charge < -0.3 is 9.47 Å². The first-order valence-corrected chi connectivity index (χ1v) is 6.73. The fourth-order valence-electron chi connectivity index (χ4n) is 1.67. The van der Waals surface area contributed by atoms with Crippen LogP contribution >= 0.6 is 0 Å². The third-order valence-electron chi connectivity index (χ3n) is 2.84. The number of carbonyl (C=O) groups is 1. The summed E-state index contributed by atoms with van der Waals surface area (Å²) >= 11 is 0. The zero-order chi connectivity index (χ0) is 15.8. The molecule has 0 aromatic heterocycles. The molecule has 3 nitrogen and oxygen atoms in total. The second-order valence-corrected chi connectivity index (χ2v) is 4.46. The Hall–Kier alpha value is -2.64. The molecule has 0 aliphatic rings. The number of esters is 1. The molecule has 0 unspecified atom stereocenters. The molecular formula is C18H15FO3. The molecule has 0 heterocycles. The molecule has 0 atom stereocenters. The normalized spacial score (nSPS) is 9.73. The van der Waals surface area contributed by atoms with E-state index in [1.807, 2.05) is 0 Å². The Kier molecular flexibility index (Phi) is 5.70. The topological polar surface area (TPSA) is 35.5 Å². The van der Waals surface area contributed by atoms with Crippen molar-refractivity contribution in [1.29, 1.82) is 0 Å². The number of halogens is 1. The van der Waals surface area contributed by atoms with E-state index in [1.165, 1.54) is 12.1 Å². The van der Waals surface area contributed by atoms with Crippen LogP contribution in [0, 0.1) is 17.7 Å². The molecule has 0 fully saturated rings. The van der Waals surface area contributed by atoms with Crippen LogP contribution < -0.4 is 0 Å². The number of benzene rings is 2. The molecule has 0 aliphatic heterocycles. The second-order valence-electron chi connectivity index (χ2n) is 4.46. The van der Waals surface area contributed by atoms with E-state index in [0.29, 0.717) is 12.2 Å². The van der Waals surface area contributed by atoms with Gasteiger partial charge in [0.25, 0.3) is 0 Å². The Balaban J connectivity index is 2.00. The minimum absolute atomic E-state index is 0.224. The van der Waals surface area contributed by atoms with Crippen LogP contribution in [0.15, 0.2) is 48.5 Å². The lowest BCUT2D eigenvalue weighted by Gasteiger charge is -2.03. The summed E-state index contributed by atoms with van der Waals surface area (Å²) in [5.41, 5.74) is 1.95. The van der Waals surface area contributed by atoms with Crippen LogP contribution in [-0.2, 0) is 9.47 Å². The number of ether oxygens (including phenoxy) is 2. The molecule has 0 aliphatic carbocycles. The van der Waals surface area contributed by atoms with Crippen LogP contribution in [0.5, 0.6) is 0 Å². The fourth-order valence-corrected chi connectivity index (χ4v) is 1.67. The van der Waals surface area contributed by atoms with Gasteiger partial charge in [0.2, 0.25) is 0 Å². The summed E-state index contributed by atoms with van der Waals surface area (Å²) in [5, 5.41) is 0. The zero-order valence-electron chi connectivity index (χ0n) is 12.1. The summed E-state index contributed by atoms with van der Waals surface area (Å²) in [5.74, 6) is 5.20. The third-order valence-corrected chi connectivity index (χ3v) is 2.84. The molecule has 0 radical (unpaired) electrons. The van der Waals surface area contributed by atoms with E-state index >= 15 is 0 Å². The Bertz CT molecular complexity index is 679. The number of carbonyl (C=O) groups excluding carboxylic acids is 1. The molecular weight excluding hydrogens is 283 g/mol. The second kappa shape index (κ2) is 7.96. The standard InChI is InChI=1S/C18H15FO3/c1-21-12-13-22-18(20)16-8-4-14(5-9-16)2-3-15-6-10-17(19)11-7-15/h4-11H,12-13H2,1H3. The van der Waals surface area contributed by atoms with Crippen molar-refractivity contribution in [3.8, 4) is 11.8 Å². The number of methoxy groups -OCH3 is 1. The highest BCUT2D eigenvalue weighted by Crippen LogP contribution is 2.06. The van der Waals surface area contributed by atoms with E-state index in [9.17, 15) is 9.18 Å². The average molecular weight is 298 g/mol. The van der Waals surface area contributed by atoms with Gasteiger partial charge in [0.05, 0.1) is 12.2 Å². The maximum atomic E-state index is 12.8. The summed E-state index contributed by atoms with van der Waals surface area (Å²) in [7, 11) is 1.54. The van der Waals surface area contributed by atoms with Crippen LogP contribution in [0.25, 0.3) is 0 Å². The first-order chi connectivity index (χ1) is 10.7. The quantitative estimate of drug-likeness (QED) is 0.494. The van der Waals surface area contributed by atoms with Gasteiger partial charge in [-0.1, -0.05) is 11.8 Å². The van der Waals surface area contributed by atoms with Crippen LogP contribution in [0.2, 0.25) is 0 Å². The lowest BCUT2D eigenvalue weighted by molar-refractivity contribution is 0.0388. The molecule has 22 heavy (non-hydrogen) atoms. The van der Waals surface area contributed by atoms with Crippen molar-refractivity contribution < 1.29 is 18.7 Å². The largest absolute Gasteiger partial charge is 0.460 e. The van der Waals surface area contributed by atoms with E-state index in [1.54, 1.807) is 43.5 Å². The van der Waals surface area contributed by atoms with Crippen LogP contribution in [-0.4, -0.2) is 26.3 Å². The van der Waals surface area contributed by atoms with Crippen molar-refractivity contribution >= 4 is 5.97 Å². The molecule has 0 bridgehead atoms. The van der Waals surface area contributed by atoms with E-state index in [0.717, 1.165) is 11.1 Å². The fraction of sp³-hybridized carbons (Fsp3) is 0.167. The summed E-state index contributed by atoms with van der Waals surface area (Å²) < 4.78 is 22.6. The van der Waals surface area contributed by atoms with Gasteiger partial charge in [-0.05, 0) is 48.5 Å². The SMILES string of the molecule is COCCOC(=O)c1ccc(C#Cc2ccc(F)cc2)cc1. The molecule has 2 rings (SSSR count). The molecule has 0 amide bonds. The molecule has 2 aromatic rings. The molecule has 0 saturated carbocycles. The molecule has 4 heteroatoms.